The fourth-order valence-electron chi connectivity index (χ4n) is 2.36. The molecular weight excluding hydrogens is 318 g/mol. The molecule has 0 unspecified atom stereocenters. The molecule has 0 atom stereocenters. The molecule has 6 nitrogen and oxygen atoms in total. The van der Waals surface area contributed by atoms with E-state index in [0.29, 0.717) is 5.56 Å². The van der Waals surface area contributed by atoms with Crippen LogP contribution in [0.25, 0.3) is 23.1 Å². The topological polar surface area (TPSA) is 84.1 Å². The molecule has 0 aliphatic rings. The van der Waals surface area contributed by atoms with Gasteiger partial charge in [-0.3, -0.25) is 14.7 Å². The third kappa shape index (κ3) is 3.92. The predicted molar refractivity (Wildman–Crippen MR) is 95.8 cm³/mol. The number of aromatic amines is 1. The number of nitrogens with zero attached hydrogens (tertiary/aromatic N) is 1. The van der Waals surface area contributed by atoms with Crippen molar-refractivity contribution in [1.29, 1.82) is 0 Å². The lowest BCUT2D eigenvalue weighted by Crippen LogP contribution is -2.30. The molecule has 1 heterocycles. The maximum absolute atomic E-state index is 11.9. The number of carbonyl (C=O) groups excluding carboxylic acids is 2. The molecule has 2 aromatic carbocycles. The molecule has 3 aromatic rings. The van der Waals surface area contributed by atoms with Crippen LogP contribution in [0, 0.1) is 0 Å². The van der Waals surface area contributed by atoms with E-state index in [9.17, 15) is 9.59 Å². The molecule has 0 fully saturated rings. The summed E-state index contributed by atoms with van der Waals surface area (Å²) in [5, 5.41) is 10.8. The minimum Gasteiger partial charge on any atom is -0.468 e. The molecule has 25 heavy (non-hydrogen) atoms. The Labute approximate surface area is 144 Å². The fraction of sp³-hybridized carbons (Fsp3) is 0.105. The minimum absolute atomic E-state index is 0.150. The molecule has 3 rings (SSSR count). The summed E-state index contributed by atoms with van der Waals surface area (Å²) >= 11 is 0. The Balaban J connectivity index is 1.68. The third-order valence-electron chi connectivity index (χ3n) is 3.73. The molecular formula is C19H17N3O3. The second kappa shape index (κ2) is 7.44. The zero-order chi connectivity index (χ0) is 17.6. The van der Waals surface area contributed by atoms with Crippen molar-refractivity contribution in [1.82, 2.24) is 15.5 Å². The molecule has 0 saturated heterocycles. The van der Waals surface area contributed by atoms with Crippen LogP contribution in [0.5, 0.6) is 0 Å². The number of methoxy groups -OCH3 is 1. The Bertz CT molecular complexity index is 926. The highest BCUT2D eigenvalue weighted by Crippen LogP contribution is 2.17. The van der Waals surface area contributed by atoms with E-state index >= 15 is 0 Å². The van der Waals surface area contributed by atoms with Crippen LogP contribution >= 0.6 is 0 Å². The van der Waals surface area contributed by atoms with Gasteiger partial charge in [0.2, 0.25) is 0 Å². The second-order valence-corrected chi connectivity index (χ2v) is 5.37. The van der Waals surface area contributed by atoms with E-state index in [2.05, 4.69) is 20.3 Å². The molecule has 1 aromatic heterocycles. The van der Waals surface area contributed by atoms with Gasteiger partial charge >= 0.3 is 5.97 Å². The van der Waals surface area contributed by atoms with Gasteiger partial charge in [-0.05, 0) is 29.8 Å². The first kappa shape index (κ1) is 16.4. The van der Waals surface area contributed by atoms with Crippen molar-refractivity contribution in [3.8, 4) is 0 Å². The Hall–Kier alpha value is -3.41. The third-order valence-corrected chi connectivity index (χ3v) is 3.73. The highest BCUT2D eigenvalue weighted by Gasteiger charge is 2.07. The van der Waals surface area contributed by atoms with Gasteiger partial charge in [0, 0.05) is 10.9 Å². The second-order valence-electron chi connectivity index (χ2n) is 5.37. The lowest BCUT2D eigenvalue weighted by atomic mass is 10.1. The molecule has 0 aliphatic carbocycles. The van der Waals surface area contributed by atoms with Crippen LogP contribution in [0.2, 0.25) is 0 Å². The summed E-state index contributed by atoms with van der Waals surface area (Å²) in [6, 6.07) is 15.0. The number of aromatic nitrogens is 2. The molecule has 0 spiro atoms. The molecule has 0 aliphatic heterocycles. The van der Waals surface area contributed by atoms with Crippen LogP contribution in [0.4, 0.5) is 0 Å². The number of nitrogens with one attached hydrogen (secondary N) is 2. The SMILES string of the molecule is COC(=O)CNC(=O)c1ccc(C=Cc2n[nH]c3ccccc23)cc1. The van der Waals surface area contributed by atoms with Crippen molar-refractivity contribution in [2.24, 2.45) is 0 Å². The maximum Gasteiger partial charge on any atom is 0.325 e. The number of rotatable bonds is 5. The van der Waals surface area contributed by atoms with Gasteiger partial charge in [0.15, 0.2) is 0 Å². The first-order valence-corrected chi connectivity index (χ1v) is 7.73. The summed E-state index contributed by atoms with van der Waals surface area (Å²) in [6.45, 7) is -0.150. The van der Waals surface area contributed by atoms with Gasteiger partial charge in [-0.25, -0.2) is 0 Å². The number of esters is 1. The molecule has 0 radical (unpaired) electrons. The number of ether oxygens (including phenoxy) is 1. The average Bonchev–Trinajstić information content (AvgIpc) is 3.07. The Morgan fingerprint density at radius 2 is 1.88 bits per heavy atom. The monoisotopic (exact) mass is 335 g/mol. The fourth-order valence-corrected chi connectivity index (χ4v) is 2.36. The van der Waals surface area contributed by atoms with E-state index in [-0.39, 0.29) is 12.5 Å². The van der Waals surface area contributed by atoms with Crippen molar-refractivity contribution in [3.05, 3.63) is 65.4 Å². The van der Waals surface area contributed by atoms with E-state index in [1.807, 2.05) is 48.6 Å². The van der Waals surface area contributed by atoms with Crippen molar-refractivity contribution < 1.29 is 14.3 Å². The Morgan fingerprint density at radius 3 is 2.64 bits per heavy atom. The number of benzene rings is 2. The lowest BCUT2D eigenvalue weighted by molar-refractivity contribution is -0.139. The summed E-state index contributed by atoms with van der Waals surface area (Å²) < 4.78 is 4.48. The molecule has 1 amide bonds. The zero-order valence-electron chi connectivity index (χ0n) is 13.7. The predicted octanol–water partition coefficient (Wildman–Crippen LogP) is 2.64. The number of hydrogen-bond acceptors (Lipinski definition) is 4. The Kier molecular flexibility index (Phi) is 4.89. The molecule has 2 N–H and O–H groups in total. The maximum atomic E-state index is 11.9. The smallest absolute Gasteiger partial charge is 0.325 e. The van der Waals surface area contributed by atoms with Crippen LogP contribution in [0.1, 0.15) is 21.6 Å². The van der Waals surface area contributed by atoms with Crippen molar-refractivity contribution >= 4 is 34.9 Å². The van der Waals surface area contributed by atoms with E-state index in [1.165, 1.54) is 7.11 Å². The standard InChI is InChI=1S/C19H17N3O3/c1-25-18(23)12-20-19(24)14-9-6-13(7-10-14)8-11-17-15-4-2-3-5-16(15)21-22-17/h2-11H,12H2,1H3,(H,20,24)(H,21,22). The number of carbonyl (C=O) groups is 2. The highest BCUT2D eigenvalue weighted by molar-refractivity contribution is 5.96. The number of amides is 1. The number of para-hydroxylation sites is 1. The largest absolute Gasteiger partial charge is 0.468 e. The molecule has 6 heteroatoms. The van der Waals surface area contributed by atoms with Gasteiger partial charge in [0.1, 0.15) is 6.54 Å². The zero-order valence-corrected chi connectivity index (χ0v) is 13.7. The molecule has 126 valence electrons. The van der Waals surface area contributed by atoms with Gasteiger partial charge < -0.3 is 10.1 Å². The van der Waals surface area contributed by atoms with E-state index in [1.54, 1.807) is 12.1 Å². The van der Waals surface area contributed by atoms with Crippen molar-refractivity contribution in [2.75, 3.05) is 13.7 Å². The minimum atomic E-state index is -0.487. The molecule has 0 bridgehead atoms. The van der Waals surface area contributed by atoms with Crippen LogP contribution < -0.4 is 5.32 Å². The summed E-state index contributed by atoms with van der Waals surface area (Å²) in [4.78, 5) is 23.0. The summed E-state index contributed by atoms with van der Waals surface area (Å²) in [6.07, 6.45) is 3.85. The van der Waals surface area contributed by atoms with Gasteiger partial charge in [0.25, 0.3) is 5.91 Å². The average molecular weight is 335 g/mol. The summed E-state index contributed by atoms with van der Waals surface area (Å²) in [5.74, 6) is -0.807. The van der Waals surface area contributed by atoms with E-state index in [0.717, 1.165) is 22.2 Å². The van der Waals surface area contributed by atoms with Crippen molar-refractivity contribution in [3.63, 3.8) is 0 Å². The lowest BCUT2D eigenvalue weighted by Gasteiger charge is -2.04. The van der Waals surface area contributed by atoms with Crippen LogP contribution in [0.15, 0.2) is 48.5 Å². The summed E-state index contributed by atoms with van der Waals surface area (Å²) in [7, 11) is 1.28. The van der Waals surface area contributed by atoms with E-state index in [4.69, 9.17) is 0 Å². The number of H-pyrrole nitrogens is 1. The number of fused-ring (bicyclic) bond motifs is 1. The van der Waals surface area contributed by atoms with Crippen LogP contribution in [-0.2, 0) is 9.53 Å². The Morgan fingerprint density at radius 1 is 1.12 bits per heavy atom. The summed E-state index contributed by atoms with van der Waals surface area (Å²) in [5.41, 5.74) is 3.26. The first-order chi connectivity index (χ1) is 12.2. The quantitative estimate of drug-likeness (QED) is 0.702. The highest BCUT2D eigenvalue weighted by atomic mass is 16.5. The van der Waals surface area contributed by atoms with Gasteiger partial charge in [-0.15, -0.1) is 0 Å². The van der Waals surface area contributed by atoms with E-state index < -0.39 is 5.97 Å². The molecule has 0 saturated carbocycles. The van der Waals surface area contributed by atoms with Crippen LogP contribution in [-0.4, -0.2) is 35.7 Å². The first-order valence-electron chi connectivity index (χ1n) is 7.73. The van der Waals surface area contributed by atoms with Crippen molar-refractivity contribution in [2.45, 2.75) is 0 Å². The van der Waals surface area contributed by atoms with Crippen LogP contribution in [0.3, 0.4) is 0 Å². The normalized spacial score (nSPS) is 10.9. The van der Waals surface area contributed by atoms with Gasteiger partial charge in [-0.2, -0.15) is 5.10 Å². The van der Waals surface area contributed by atoms with Gasteiger partial charge in [0.05, 0.1) is 18.3 Å². The number of hydrogen-bond donors (Lipinski definition) is 2. The van der Waals surface area contributed by atoms with Gasteiger partial charge in [-0.1, -0.05) is 36.4 Å².